The highest BCUT2D eigenvalue weighted by Crippen LogP contribution is 2.33. The molecule has 0 atom stereocenters. The molecule has 108 valence electrons. The van der Waals surface area contributed by atoms with E-state index < -0.39 is 0 Å². The molecule has 3 rings (SSSR count). The van der Waals surface area contributed by atoms with Gasteiger partial charge >= 0.3 is 0 Å². The highest BCUT2D eigenvalue weighted by Gasteiger charge is 2.09. The Balaban J connectivity index is 1.91. The van der Waals surface area contributed by atoms with Crippen LogP contribution in [0.2, 0.25) is 0 Å². The van der Waals surface area contributed by atoms with Crippen LogP contribution in [0.15, 0.2) is 42.5 Å². The van der Waals surface area contributed by atoms with E-state index in [1.54, 1.807) is 11.3 Å². The van der Waals surface area contributed by atoms with Crippen molar-refractivity contribution in [1.82, 2.24) is 4.98 Å². The Hall–Kier alpha value is -1.91. The zero-order chi connectivity index (χ0) is 14.7. The molecule has 2 N–H and O–H groups in total. The van der Waals surface area contributed by atoms with Gasteiger partial charge in [-0.25, -0.2) is 4.98 Å². The van der Waals surface area contributed by atoms with E-state index in [-0.39, 0.29) is 0 Å². The summed E-state index contributed by atoms with van der Waals surface area (Å²) in [6, 6.07) is 14.4. The Labute approximate surface area is 128 Å². The minimum absolute atomic E-state index is 0.653. The summed E-state index contributed by atoms with van der Waals surface area (Å²) in [4.78, 5) is 4.72. The number of aromatic nitrogens is 1. The van der Waals surface area contributed by atoms with Gasteiger partial charge in [0, 0.05) is 5.56 Å². The lowest BCUT2D eigenvalue weighted by atomic mass is 10.1. The number of nitrogens with two attached hydrogens (primary N) is 1. The maximum absolute atomic E-state index is 5.69. The van der Waals surface area contributed by atoms with Crippen LogP contribution in [0.5, 0.6) is 5.75 Å². The molecule has 4 heteroatoms. The molecule has 2 aromatic carbocycles. The van der Waals surface area contributed by atoms with Crippen molar-refractivity contribution in [2.75, 3.05) is 13.2 Å². The molecule has 0 aliphatic carbocycles. The second-order valence-electron chi connectivity index (χ2n) is 4.95. The molecular formula is C17H18N2OS. The molecule has 0 fully saturated rings. The van der Waals surface area contributed by atoms with Crippen LogP contribution < -0.4 is 10.5 Å². The van der Waals surface area contributed by atoms with E-state index in [0.29, 0.717) is 13.2 Å². The van der Waals surface area contributed by atoms with Gasteiger partial charge < -0.3 is 10.5 Å². The summed E-state index contributed by atoms with van der Waals surface area (Å²) in [5, 5.41) is 1.06. The van der Waals surface area contributed by atoms with Crippen LogP contribution in [-0.2, 0) is 0 Å². The molecule has 21 heavy (non-hydrogen) atoms. The third-order valence-corrected chi connectivity index (χ3v) is 4.40. The summed E-state index contributed by atoms with van der Waals surface area (Å²) in [5.41, 5.74) is 8.94. The lowest BCUT2D eigenvalue weighted by molar-refractivity contribution is 0.314. The first kappa shape index (κ1) is 14.0. The summed E-state index contributed by atoms with van der Waals surface area (Å²) in [7, 11) is 0. The Kier molecular flexibility index (Phi) is 4.18. The van der Waals surface area contributed by atoms with E-state index in [9.17, 15) is 0 Å². The van der Waals surface area contributed by atoms with Gasteiger partial charge in [-0.15, -0.1) is 11.3 Å². The van der Waals surface area contributed by atoms with Crippen molar-refractivity contribution in [3.8, 4) is 16.3 Å². The zero-order valence-corrected chi connectivity index (χ0v) is 12.8. The molecule has 0 aliphatic rings. The maximum atomic E-state index is 5.69. The van der Waals surface area contributed by atoms with Gasteiger partial charge in [-0.2, -0.15) is 0 Å². The summed E-state index contributed by atoms with van der Waals surface area (Å²) < 4.78 is 6.84. The molecule has 1 heterocycles. The van der Waals surface area contributed by atoms with Crippen molar-refractivity contribution < 1.29 is 4.74 Å². The van der Waals surface area contributed by atoms with E-state index in [1.807, 2.05) is 12.1 Å². The lowest BCUT2D eigenvalue weighted by Crippen LogP contribution is -2.05. The van der Waals surface area contributed by atoms with Crippen molar-refractivity contribution >= 4 is 21.6 Å². The molecule has 3 nitrogen and oxygen atoms in total. The fourth-order valence-corrected chi connectivity index (χ4v) is 3.28. The van der Waals surface area contributed by atoms with Crippen LogP contribution >= 0.6 is 11.3 Å². The predicted octanol–water partition coefficient (Wildman–Crippen LogP) is 4.00. The topological polar surface area (TPSA) is 48.1 Å². The fourth-order valence-electron chi connectivity index (χ4n) is 2.20. The number of rotatable bonds is 5. The van der Waals surface area contributed by atoms with E-state index in [0.717, 1.165) is 27.4 Å². The third kappa shape index (κ3) is 3.06. The van der Waals surface area contributed by atoms with Gasteiger partial charge in [-0.05, 0) is 43.7 Å². The first-order valence-corrected chi connectivity index (χ1v) is 7.89. The molecule has 0 spiro atoms. The van der Waals surface area contributed by atoms with E-state index in [2.05, 4.69) is 37.3 Å². The zero-order valence-electron chi connectivity index (χ0n) is 12.0. The smallest absolute Gasteiger partial charge is 0.124 e. The van der Waals surface area contributed by atoms with Crippen LogP contribution in [0.4, 0.5) is 0 Å². The second-order valence-corrected chi connectivity index (χ2v) is 5.98. The van der Waals surface area contributed by atoms with E-state index in [4.69, 9.17) is 15.5 Å². The number of thiazole rings is 1. The SMILES string of the molecule is Cc1ccccc1-c1nc2ccc(OCCCN)cc2s1. The van der Waals surface area contributed by atoms with Gasteiger partial charge in [-0.3, -0.25) is 0 Å². The molecule has 3 aromatic rings. The van der Waals surface area contributed by atoms with Crippen molar-refractivity contribution in [1.29, 1.82) is 0 Å². The fraction of sp³-hybridized carbons (Fsp3) is 0.235. The van der Waals surface area contributed by atoms with Crippen molar-refractivity contribution in [3.05, 3.63) is 48.0 Å². The number of aryl methyl sites for hydroxylation is 1. The van der Waals surface area contributed by atoms with E-state index in [1.165, 1.54) is 11.1 Å². The Morgan fingerprint density at radius 1 is 1.19 bits per heavy atom. The maximum Gasteiger partial charge on any atom is 0.124 e. The van der Waals surface area contributed by atoms with Crippen LogP contribution in [0.1, 0.15) is 12.0 Å². The highest BCUT2D eigenvalue weighted by molar-refractivity contribution is 7.21. The summed E-state index contributed by atoms with van der Waals surface area (Å²) in [5.74, 6) is 0.885. The molecule has 0 radical (unpaired) electrons. The number of ether oxygens (including phenoxy) is 1. The van der Waals surface area contributed by atoms with E-state index >= 15 is 0 Å². The normalized spacial score (nSPS) is 11.0. The van der Waals surface area contributed by atoms with Crippen molar-refractivity contribution in [2.24, 2.45) is 5.73 Å². The average molecular weight is 298 g/mol. The Morgan fingerprint density at radius 3 is 2.86 bits per heavy atom. The molecular weight excluding hydrogens is 280 g/mol. The molecule has 0 amide bonds. The first-order valence-electron chi connectivity index (χ1n) is 7.07. The Morgan fingerprint density at radius 2 is 2.05 bits per heavy atom. The number of nitrogens with zero attached hydrogens (tertiary/aromatic N) is 1. The van der Waals surface area contributed by atoms with Gasteiger partial charge in [0.25, 0.3) is 0 Å². The van der Waals surface area contributed by atoms with Crippen LogP contribution in [-0.4, -0.2) is 18.1 Å². The monoisotopic (exact) mass is 298 g/mol. The molecule has 0 aliphatic heterocycles. The minimum Gasteiger partial charge on any atom is -0.493 e. The summed E-state index contributed by atoms with van der Waals surface area (Å²) in [6.45, 7) is 3.43. The number of fused-ring (bicyclic) bond motifs is 1. The van der Waals surface area contributed by atoms with Crippen LogP contribution in [0.3, 0.4) is 0 Å². The molecule has 0 bridgehead atoms. The molecule has 0 unspecified atom stereocenters. The standard InChI is InChI=1S/C17H18N2OS/c1-12-5-2-3-6-14(12)17-19-15-8-7-13(11-16(15)21-17)20-10-4-9-18/h2-3,5-8,11H,4,9-10,18H2,1H3. The largest absolute Gasteiger partial charge is 0.493 e. The minimum atomic E-state index is 0.653. The van der Waals surface area contributed by atoms with Gasteiger partial charge in [0.1, 0.15) is 10.8 Å². The van der Waals surface area contributed by atoms with Crippen molar-refractivity contribution in [3.63, 3.8) is 0 Å². The van der Waals surface area contributed by atoms with Crippen LogP contribution in [0, 0.1) is 6.92 Å². The molecule has 0 saturated heterocycles. The van der Waals surface area contributed by atoms with Crippen LogP contribution in [0.25, 0.3) is 20.8 Å². The number of benzene rings is 2. The van der Waals surface area contributed by atoms with Gasteiger partial charge in [0.2, 0.25) is 0 Å². The third-order valence-electron chi connectivity index (χ3n) is 3.35. The first-order chi connectivity index (χ1) is 10.3. The quantitative estimate of drug-likeness (QED) is 0.724. The predicted molar refractivity (Wildman–Crippen MR) is 89.0 cm³/mol. The Bertz CT molecular complexity index is 751. The molecule has 0 saturated carbocycles. The summed E-state index contributed by atoms with van der Waals surface area (Å²) >= 11 is 1.70. The van der Waals surface area contributed by atoms with Gasteiger partial charge in [0.15, 0.2) is 0 Å². The average Bonchev–Trinajstić information content (AvgIpc) is 2.91. The highest BCUT2D eigenvalue weighted by atomic mass is 32.1. The summed E-state index contributed by atoms with van der Waals surface area (Å²) in [6.07, 6.45) is 0.870. The molecule has 1 aromatic heterocycles. The number of hydrogen-bond acceptors (Lipinski definition) is 4. The van der Waals surface area contributed by atoms with Gasteiger partial charge in [-0.1, -0.05) is 24.3 Å². The second kappa shape index (κ2) is 6.24. The van der Waals surface area contributed by atoms with Crippen molar-refractivity contribution in [2.45, 2.75) is 13.3 Å². The number of hydrogen-bond donors (Lipinski definition) is 1. The lowest BCUT2D eigenvalue weighted by Gasteiger charge is -2.04. The van der Waals surface area contributed by atoms with Gasteiger partial charge in [0.05, 0.1) is 16.8 Å².